The number of hydrogen-bond donors (Lipinski definition) is 3. The SMILES string of the molecule is C#CCC/C(=C\CC/C(C)=C/COP(=O)(O)OP(=O)(O)O)CCC=C(C)C. The topological polar surface area (TPSA) is 113 Å². The minimum absolute atomic E-state index is 0.284. The van der Waals surface area contributed by atoms with Crippen molar-refractivity contribution in [1.29, 1.82) is 0 Å². The fourth-order valence-corrected chi connectivity index (χ4v) is 3.67. The van der Waals surface area contributed by atoms with Gasteiger partial charge in [-0.05, 0) is 52.9 Å². The van der Waals surface area contributed by atoms with Crippen LogP contribution in [0.15, 0.2) is 34.9 Å². The predicted octanol–water partition coefficient (Wildman–Crippen LogP) is 5.03. The summed E-state index contributed by atoms with van der Waals surface area (Å²) in [7, 11) is -9.88. The molecule has 0 aromatic carbocycles. The van der Waals surface area contributed by atoms with Crippen molar-refractivity contribution in [2.24, 2.45) is 0 Å². The molecular weight excluding hydrogens is 390 g/mol. The first-order valence-corrected chi connectivity index (χ1v) is 11.6. The lowest BCUT2D eigenvalue weighted by atomic mass is 10.0. The van der Waals surface area contributed by atoms with E-state index in [4.69, 9.17) is 16.2 Å². The highest BCUT2D eigenvalue weighted by Gasteiger charge is 2.31. The maximum Gasteiger partial charge on any atom is 0.481 e. The lowest BCUT2D eigenvalue weighted by Gasteiger charge is -2.11. The third-order valence-electron chi connectivity index (χ3n) is 3.46. The molecule has 0 amide bonds. The zero-order valence-electron chi connectivity index (χ0n) is 16.1. The largest absolute Gasteiger partial charge is 0.481 e. The number of phosphoric ester groups is 1. The summed E-state index contributed by atoms with van der Waals surface area (Å²) in [6, 6.07) is 0. The highest BCUT2D eigenvalue weighted by atomic mass is 31.3. The van der Waals surface area contributed by atoms with E-state index in [2.05, 4.69) is 40.8 Å². The lowest BCUT2D eigenvalue weighted by Crippen LogP contribution is -1.94. The van der Waals surface area contributed by atoms with E-state index in [0.29, 0.717) is 6.42 Å². The Labute approximate surface area is 162 Å². The van der Waals surface area contributed by atoms with E-state index in [1.165, 1.54) is 11.1 Å². The molecule has 0 saturated carbocycles. The van der Waals surface area contributed by atoms with Crippen LogP contribution in [0.3, 0.4) is 0 Å². The first-order valence-electron chi connectivity index (χ1n) is 8.60. The number of phosphoric acid groups is 2. The van der Waals surface area contributed by atoms with E-state index >= 15 is 0 Å². The average molecular weight is 420 g/mol. The van der Waals surface area contributed by atoms with Crippen molar-refractivity contribution in [2.75, 3.05) is 6.61 Å². The van der Waals surface area contributed by atoms with Gasteiger partial charge in [0.1, 0.15) is 0 Å². The highest BCUT2D eigenvalue weighted by molar-refractivity contribution is 7.60. The summed E-state index contributed by atoms with van der Waals surface area (Å²) in [5, 5.41) is 0. The molecule has 154 valence electrons. The first-order chi connectivity index (χ1) is 12.4. The fraction of sp³-hybridized carbons (Fsp3) is 0.556. The van der Waals surface area contributed by atoms with Gasteiger partial charge in [0.25, 0.3) is 0 Å². The standard InChI is InChI=1S/C18H30O7P2/c1-5-6-11-18(12-7-9-16(2)3)13-8-10-17(4)14-15-24-27(22,23)25-26(19,20)21/h1,9,13-14H,6-8,10-12,15H2,2-4H3,(H,22,23)(H2,19,20,21)/b17-14+,18-13+. The molecule has 0 rings (SSSR count). The van der Waals surface area contributed by atoms with Crippen molar-refractivity contribution in [3.05, 3.63) is 34.9 Å². The minimum Gasteiger partial charge on any atom is -0.302 e. The Balaban J connectivity index is 4.50. The van der Waals surface area contributed by atoms with Crippen LogP contribution in [-0.4, -0.2) is 21.3 Å². The first kappa shape index (κ1) is 26.0. The Morgan fingerprint density at radius 3 is 2.19 bits per heavy atom. The highest BCUT2D eigenvalue weighted by Crippen LogP contribution is 2.57. The van der Waals surface area contributed by atoms with Gasteiger partial charge in [0.15, 0.2) is 0 Å². The van der Waals surface area contributed by atoms with E-state index in [1.807, 2.05) is 6.92 Å². The van der Waals surface area contributed by atoms with Crippen molar-refractivity contribution in [2.45, 2.75) is 59.3 Å². The molecule has 0 spiro atoms. The van der Waals surface area contributed by atoms with Gasteiger partial charge in [-0.1, -0.05) is 34.9 Å². The monoisotopic (exact) mass is 420 g/mol. The fourth-order valence-electron chi connectivity index (χ4n) is 2.15. The molecule has 27 heavy (non-hydrogen) atoms. The van der Waals surface area contributed by atoms with E-state index in [1.54, 1.807) is 6.08 Å². The molecule has 7 nitrogen and oxygen atoms in total. The molecule has 1 atom stereocenters. The second kappa shape index (κ2) is 13.3. The van der Waals surface area contributed by atoms with Crippen molar-refractivity contribution in [1.82, 2.24) is 0 Å². The lowest BCUT2D eigenvalue weighted by molar-refractivity contribution is 0.191. The summed E-state index contributed by atoms with van der Waals surface area (Å²) in [6.45, 7) is 5.69. The van der Waals surface area contributed by atoms with Crippen LogP contribution in [0.4, 0.5) is 0 Å². The van der Waals surface area contributed by atoms with Gasteiger partial charge in [0.05, 0.1) is 6.61 Å². The molecule has 0 aliphatic carbocycles. The zero-order chi connectivity index (χ0) is 20.9. The van der Waals surface area contributed by atoms with Crippen LogP contribution in [0.25, 0.3) is 0 Å². The van der Waals surface area contributed by atoms with Crippen molar-refractivity contribution in [3.63, 3.8) is 0 Å². The van der Waals surface area contributed by atoms with Gasteiger partial charge in [-0.15, -0.1) is 12.3 Å². The van der Waals surface area contributed by atoms with Crippen molar-refractivity contribution < 1.29 is 32.6 Å². The second-order valence-electron chi connectivity index (χ2n) is 6.31. The predicted molar refractivity (Wildman–Crippen MR) is 107 cm³/mol. The Morgan fingerprint density at radius 2 is 1.63 bits per heavy atom. The van der Waals surface area contributed by atoms with Crippen LogP contribution in [0.1, 0.15) is 59.3 Å². The smallest absolute Gasteiger partial charge is 0.302 e. The Hall–Kier alpha value is -0.960. The summed E-state index contributed by atoms with van der Waals surface area (Å²) < 4.78 is 30.1. The summed E-state index contributed by atoms with van der Waals surface area (Å²) >= 11 is 0. The minimum atomic E-state index is -5.09. The maximum absolute atomic E-state index is 11.3. The Morgan fingerprint density at radius 1 is 1.00 bits per heavy atom. The molecule has 0 aliphatic heterocycles. The van der Waals surface area contributed by atoms with Crippen LogP contribution in [-0.2, 0) is 18.0 Å². The van der Waals surface area contributed by atoms with Gasteiger partial charge >= 0.3 is 15.6 Å². The van der Waals surface area contributed by atoms with E-state index < -0.39 is 15.6 Å². The van der Waals surface area contributed by atoms with Crippen LogP contribution in [0, 0.1) is 12.3 Å². The molecule has 0 radical (unpaired) electrons. The number of hydrogen-bond acceptors (Lipinski definition) is 4. The molecule has 0 saturated heterocycles. The maximum atomic E-state index is 11.3. The van der Waals surface area contributed by atoms with Gasteiger partial charge in [-0.3, -0.25) is 4.52 Å². The molecule has 0 heterocycles. The quantitative estimate of drug-likeness (QED) is 0.218. The molecule has 0 aromatic rings. The molecule has 0 bridgehead atoms. The molecule has 0 fully saturated rings. The molecule has 1 unspecified atom stereocenters. The van der Waals surface area contributed by atoms with E-state index in [0.717, 1.165) is 37.7 Å². The second-order valence-corrected chi connectivity index (χ2v) is 9.14. The van der Waals surface area contributed by atoms with Gasteiger partial charge in [-0.25, -0.2) is 9.13 Å². The van der Waals surface area contributed by atoms with Crippen molar-refractivity contribution in [3.8, 4) is 12.3 Å². The average Bonchev–Trinajstić information content (AvgIpc) is 2.49. The molecule has 0 aliphatic rings. The summed E-state index contributed by atoms with van der Waals surface area (Å²) in [4.78, 5) is 26.2. The molecule has 3 N–H and O–H groups in total. The number of rotatable bonds is 13. The zero-order valence-corrected chi connectivity index (χ0v) is 17.9. The summed E-state index contributed by atoms with van der Waals surface area (Å²) in [6.07, 6.45) is 16.3. The normalized spacial score (nSPS) is 15.1. The third-order valence-corrected chi connectivity index (χ3v) is 5.61. The third kappa shape index (κ3) is 16.9. The van der Waals surface area contributed by atoms with Gasteiger partial charge < -0.3 is 14.7 Å². The number of terminal acetylenes is 1. The van der Waals surface area contributed by atoms with Crippen molar-refractivity contribution >= 4 is 15.6 Å². The Kier molecular flexibility index (Phi) is 12.8. The molecule has 0 aromatic heterocycles. The molecule has 9 heteroatoms. The summed E-state index contributed by atoms with van der Waals surface area (Å²) in [5.41, 5.74) is 3.52. The molecular formula is C18H30O7P2. The van der Waals surface area contributed by atoms with Gasteiger partial charge in [0.2, 0.25) is 0 Å². The number of allylic oxidation sites excluding steroid dienone is 5. The summed E-state index contributed by atoms with van der Waals surface area (Å²) in [5.74, 6) is 2.65. The van der Waals surface area contributed by atoms with E-state index in [-0.39, 0.29) is 6.61 Å². The van der Waals surface area contributed by atoms with E-state index in [9.17, 15) is 14.0 Å². The van der Waals surface area contributed by atoms with Gasteiger partial charge in [-0.2, -0.15) is 4.31 Å². The van der Waals surface area contributed by atoms with Gasteiger partial charge in [0, 0.05) is 6.42 Å². The Bertz CT molecular complexity index is 676. The van der Waals surface area contributed by atoms with Crippen LogP contribution in [0.5, 0.6) is 0 Å². The van der Waals surface area contributed by atoms with Crippen LogP contribution < -0.4 is 0 Å². The van der Waals surface area contributed by atoms with Crippen LogP contribution >= 0.6 is 15.6 Å². The van der Waals surface area contributed by atoms with Crippen LogP contribution in [0.2, 0.25) is 0 Å².